The van der Waals surface area contributed by atoms with E-state index in [0.717, 1.165) is 5.92 Å². The SMILES string of the molecule is CCCCC1CCC(COC(=O)CN)CC1. The van der Waals surface area contributed by atoms with E-state index in [1.165, 1.54) is 44.9 Å². The lowest BCUT2D eigenvalue weighted by Crippen LogP contribution is -2.23. The maximum absolute atomic E-state index is 10.9. The van der Waals surface area contributed by atoms with Crippen molar-refractivity contribution in [1.29, 1.82) is 0 Å². The van der Waals surface area contributed by atoms with Crippen LogP contribution in [0.4, 0.5) is 0 Å². The molecule has 0 amide bonds. The molecule has 1 rings (SSSR count). The van der Waals surface area contributed by atoms with Crippen LogP contribution in [0, 0.1) is 11.8 Å². The third-order valence-electron chi connectivity index (χ3n) is 3.58. The number of hydrogen-bond donors (Lipinski definition) is 1. The first-order valence-electron chi connectivity index (χ1n) is 6.62. The van der Waals surface area contributed by atoms with Crippen molar-refractivity contribution in [2.24, 2.45) is 17.6 Å². The Morgan fingerprint density at radius 2 is 1.88 bits per heavy atom. The summed E-state index contributed by atoms with van der Waals surface area (Å²) in [4.78, 5) is 10.9. The summed E-state index contributed by atoms with van der Waals surface area (Å²) in [5.41, 5.74) is 5.19. The fourth-order valence-electron chi connectivity index (χ4n) is 2.45. The van der Waals surface area contributed by atoms with Gasteiger partial charge in [-0.1, -0.05) is 39.0 Å². The zero-order valence-electron chi connectivity index (χ0n) is 10.4. The second-order valence-electron chi connectivity index (χ2n) is 4.92. The highest BCUT2D eigenvalue weighted by Gasteiger charge is 2.21. The number of ether oxygens (including phenoxy) is 1. The van der Waals surface area contributed by atoms with E-state index in [1.807, 2.05) is 0 Å². The van der Waals surface area contributed by atoms with Crippen LogP contribution in [0.2, 0.25) is 0 Å². The number of unbranched alkanes of at least 4 members (excludes halogenated alkanes) is 1. The van der Waals surface area contributed by atoms with Crippen LogP contribution in [0.15, 0.2) is 0 Å². The van der Waals surface area contributed by atoms with Crippen LogP contribution in [0.3, 0.4) is 0 Å². The molecule has 0 bridgehead atoms. The third-order valence-corrected chi connectivity index (χ3v) is 3.58. The van der Waals surface area contributed by atoms with Gasteiger partial charge in [-0.15, -0.1) is 0 Å². The zero-order chi connectivity index (χ0) is 11.8. The summed E-state index contributed by atoms with van der Waals surface area (Å²) in [5.74, 6) is 1.22. The standard InChI is InChI=1S/C13H25NO2/c1-2-3-4-11-5-7-12(8-6-11)10-16-13(15)9-14/h11-12H,2-10,14H2,1H3. The third kappa shape index (κ3) is 4.97. The molecule has 1 saturated carbocycles. The van der Waals surface area contributed by atoms with Gasteiger partial charge in [0.05, 0.1) is 13.2 Å². The van der Waals surface area contributed by atoms with Crippen molar-refractivity contribution in [2.75, 3.05) is 13.2 Å². The van der Waals surface area contributed by atoms with E-state index in [-0.39, 0.29) is 12.5 Å². The molecule has 0 spiro atoms. The van der Waals surface area contributed by atoms with Crippen LogP contribution >= 0.6 is 0 Å². The zero-order valence-corrected chi connectivity index (χ0v) is 10.4. The van der Waals surface area contributed by atoms with Gasteiger partial charge in [0, 0.05) is 0 Å². The van der Waals surface area contributed by atoms with Crippen molar-refractivity contribution in [1.82, 2.24) is 0 Å². The van der Waals surface area contributed by atoms with E-state index in [0.29, 0.717) is 12.5 Å². The lowest BCUT2D eigenvalue weighted by Gasteiger charge is -2.28. The average Bonchev–Trinajstić information content (AvgIpc) is 2.34. The Bertz CT molecular complexity index is 198. The maximum atomic E-state index is 10.9. The van der Waals surface area contributed by atoms with E-state index < -0.39 is 0 Å². The minimum Gasteiger partial charge on any atom is -0.464 e. The van der Waals surface area contributed by atoms with E-state index in [2.05, 4.69) is 6.92 Å². The molecular formula is C13H25NO2. The van der Waals surface area contributed by atoms with Gasteiger partial charge in [-0.3, -0.25) is 4.79 Å². The molecule has 1 aliphatic carbocycles. The molecule has 0 saturated heterocycles. The molecule has 0 radical (unpaired) electrons. The molecule has 94 valence electrons. The molecule has 0 aromatic rings. The van der Waals surface area contributed by atoms with Crippen LogP contribution in [-0.2, 0) is 9.53 Å². The van der Waals surface area contributed by atoms with Gasteiger partial charge in [0.25, 0.3) is 0 Å². The first-order chi connectivity index (χ1) is 7.76. The Kier molecular flexibility index (Phi) is 6.46. The van der Waals surface area contributed by atoms with Gasteiger partial charge in [-0.25, -0.2) is 0 Å². The molecule has 0 atom stereocenters. The molecular weight excluding hydrogens is 202 g/mol. The normalized spacial score (nSPS) is 25.4. The number of rotatable bonds is 6. The Balaban J connectivity index is 2.09. The summed E-state index contributed by atoms with van der Waals surface area (Å²) in [7, 11) is 0. The number of hydrogen-bond acceptors (Lipinski definition) is 3. The fraction of sp³-hybridized carbons (Fsp3) is 0.923. The second-order valence-corrected chi connectivity index (χ2v) is 4.92. The lowest BCUT2D eigenvalue weighted by atomic mass is 9.80. The summed E-state index contributed by atoms with van der Waals surface area (Å²) in [6.07, 6.45) is 9.09. The van der Waals surface area contributed by atoms with E-state index in [4.69, 9.17) is 10.5 Å². The quantitative estimate of drug-likeness (QED) is 0.709. The maximum Gasteiger partial charge on any atom is 0.319 e. The Labute approximate surface area is 98.7 Å². The van der Waals surface area contributed by atoms with Crippen molar-refractivity contribution < 1.29 is 9.53 Å². The van der Waals surface area contributed by atoms with Gasteiger partial charge in [0.2, 0.25) is 0 Å². The molecule has 0 aromatic heterocycles. The van der Waals surface area contributed by atoms with Crippen molar-refractivity contribution in [3.8, 4) is 0 Å². The van der Waals surface area contributed by atoms with E-state index >= 15 is 0 Å². The summed E-state index contributed by atoms with van der Waals surface area (Å²) >= 11 is 0. The minimum atomic E-state index is -0.270. The number of carbonyl (C=O) groups is 1. The highest BCUT2D eigenvalue weighted by molar-refractivity contribution is 5.71. The molecule has 3 nitrogen and oxygen atoms in total. The topological polar surface area (TPSA) is 52.3 Å². The summed E-state index contributed by atoms with van der Waals surface area (Å²) in [6, 6.07) is 0. The summed E-state index contributed by atoms with van der Waals surface area (Å²) in [6.45, 7) is 2.83. The Morgan fingerprint density at radius 3 is 2.44 bits per heavy atom. The van der Waals surface area contributed by atoms with Gasteiger partial charge < -0.3 is 10.5 Å². The molecule has 1 fully saturated rings. The van der Waals surface area contributed by atoms with Crippen LogP contribution in [-0.4, -0.2) is 19.1 Å². The van der Waals surface area contributed by atoms with Crippen molar-refractivity contribution in [2.45, 2.75) is 51.9 Å². The number of esters is 1. The van der Waals surface area contributed by atoms with Crippen LogP contribution in [0.5, 0.6) is 0 Å². The first-order valence-corrected chi connectivity index (χ1v) is 6.62. The first kappa shape index (κ1) is 13.5. The van der Waals surface area contributed by atoms with Gasteiger partial charge >= 0.3 is 5.97 Å². The Hall–Kier alpha value is -0.570. The van der Waals surface area contributed by atoms with Crippen molar-refractivity contribution in [3.05, 3.63) is 0 Å². The molecule has 16 heavy (non-hydrogen) atoms. The molecule has 1 aliphatic rings. The fourth-order valence-corrected chi connectivity index (χ4v) is 2.45. The summed E-state index contributed by atoms with van der Waals surface area (Å²) in [5, 5.41) is 0. The minimum absolute atomic E-state index is 0.00580. The van der Waals surface area contributed by atoms with Crippen molar-refractivity contribution >= 4 is 5.97 Å². The van der Waals surface area contributed by atoms with Crippen LogP contribution in [0.25, 0.3) is 0 Å². The molecule has 0 aliphatic heterocycles. The molecule has 0 aromatic carbocycles. The van der Waals surface area contributed by atoms with Gasteiger partial charge in [0.1, 0.15) is 0 Å². The average molecular weight is 227 g/mol. The monoisotopic (exact) mass is 227 g/mol. The number of nitrogens with two attached hydrogens (primary N) is 1. The second kappa shape index (κ2) is 7.66. The Morgan fingerprint density at radius 1 is 1.25 bits per heavy atom. The lowest BCUT2D eigenvalue weighted by molar-refractivity contribution is -0.143. The highest BCUT2D eigenvalue weighted by Crippen LogP contribution is 2.31. The molecule has 0 unspecified atom stereocenters. The van der Waals surface area contributed by atoms with E-state index in [1.54, 1.807) is 0 Å². The predicted octanol–water partition coefficient (Wildman–Crippen LogP) is 2.48. The van der Waals surface area contributed by atoms with Crippen molar-refractivity contribution in [3.63, 3.8) is 0 Å². The van der Waals surface area contributed by atoms with Gasteiger partial charge in [-0.2, -0.15) is 0 Å². The molecule has 0 heterocycles. The van der Waals surface area contributed by atoms with Gasteiger partial charge in [-0.05, 0) is 24.7 Å². The molecule has 2 N–H and O–H groups in total. The van der Waals surface area contributed by atoms with E-state index in [9.17, 15) is 4.79 Å². The van der Waals surface area contributed by atoms with Crippen LogP contribution < -0.4 is 5.73 Å². The van der Waals surface area contributed by atoms with Crippen LogP contribution in [0.1, 0.15) is 51.9 Å². The van der Waals surface area contributed by atoms with Gasteiger partial charge in [0.15, 0.2) is 0 Å². The molecule has 3 heteroatoms. The number of carbonyl (C=O) groups excluding carboxylic acids is 1. The predicted molar refractivity (Wildman–Crippen MR) is 65.0 cm³/mol. The summed E-state index contributed by atoms with van der Waals surface area (Å²) < 4.78 is 5.08. The largest absolute Gasteiger partial charge is 0.464 e. The highest BCUT2D eigenvalue weighted by atomic mass is 16.5. The smallest absolute Gasteiger partial charge is 0.319 e.